The Labute approximate surface area is 164 Å². The number of nitrogens with zero attached hydrogens (tertiary/aromatic N) is 1. The second-order valence-electron chi connectivity index (χ2n) is 6.61. The van der Waals surface area contributed by atoms with Crippen LogP contribution in [0.5, 0.6) is 0 Å². The Bertz CT molecular complexity index is 678. The van der Waals surface area contributed by atoms with Gasteiger partial charge in [-0.1, -0.05) is 29.8 Å². The number of carbonyl (C=O) groups excluding carboxylic acids is 1. The predicted molar refractivity (Wildman–Crippen MR) is 100 cm³/mol. The number of ether oxygens (including phenoxy) is 2. The Morgan fingerprint density at radius 1 is 1.42 bits per heavy atom. The summed E-state index contributed by atoms with van der Waals surface area (Å²) in [6.07, 6.45) is 5.05. The van der Waals surface area contributed by atoms with Gasteiger partial charge in [-0.25, -0.2) is 0 Å². The van der Waals surface area contributed by atoms with E-state index >= 15 is 0 Å². The molecule has 1 aliphatic heterocycles. The van der Waals surface area contributed by atoms with Gasteiger partial charge in [0.1, 0.15) is 6.61 Å². The molecule has 26 heavy (non-hydrogen) atoms. The number of ketones is 1. The zero-order valence-electron chi connectivity index (χ0n) is 14.9. The number of hydrogen-bond donors (Lipinski definition) is 0. The van der Waals surface area contributed by atoms with Crippen molar-refractivity contribution < 1.29 is 22.7 Å². The molecule has 1 fully saturated rings. The maximum absolute atomic E-state index is 12.4. The zero-order valence-corrected chi connectivity index (χ0v) is 17.3. The van der Waals surface area contributed by atoms with E-state index in [1.54, 1.807) is 10.8 Å². The average Bonchev–Trinajstić information content (AvgIpc) is 2.60. The molecule has 0 spiro atoms. The standard InChI is InChI=1S/C17H24BrNO4.O2S/c1-17(2,7-9-19-8-6-13(18)11-15(19)21)14(20)12-23-16-5-3-4-10-22-16;1-3-2/h6,8,11,16H,3-5,7,9-10,12H2,1-2H3;. The van der Waals surface area contributed by atoms with Gasteiger partial charge >= 0.3 is 11.6 Å². The zero-order chi connectivity index (χ0) is 19.6. The monoisotopic (exact) mass is 449 g/mol. The summed E-state index contributed by atoms with van der Waals surface area (Å²) in [7, 11) is 0. The summed E-state index contributed by atoms with van der Waals surface area (Å²) in [6.45, 7) is 5.06. The van der Waals surface area contributed by atoms with E-state index in [1.807, 2.05) is 19.9 Å². The highest BCUT2D eigenvalue weighted by molar-refractivity contribution is 9.10. The Kier molecular flexibility index (Phi) is 10.1. The van der Waals surface area contributed by atoms with Crippen LogP contribution >= 0.6 is 15.9 Å². The highest BCUT2D eigenvalue weighted by atomic mass is 79.9. The van der Waals surface area contributed by atoms with Crippen molar-refractivity contribution in [3.8, 4) is 0 Å². The number of hydrogen-bond acceptors (Lipinski definition) is 6. The SMILES string of the molecule is CC(C)(CCn1ccc(Br)cc1=O)C(=O)COC1CCCCO1.O=S=O. The first-order valence-electron chi connectivity index (χ1n) is 8.34. The quantitative estimate of drug-likeness (QED) is 0.634. The average molecular weight is 450 g/mol. The molecular weight excluding hydrogens is 426 g/mol. The van der Waals surface area contributed by atoms with Crippen LogP contribution in [0.4, 0.5) is 0 Å². The summed E-state index contributed by atoms with van der Waals surface area (Å²) >= 11 is 2.52. The molecule has 7 nitrogen and oxygen atoms in total. The second-order valence-corrected chi connectivity index (χ2v) is 7.66. The van der Waals surface area contributed by atoms with Crippen LogP contribution in [0.2, 0.25) is 0 Å². The molecule has 1 unspecified atom stereocenters. The van der Waals surface area contributed by atoms with Gasteiger partial charge < -0.3 is 14.0 Å². The first-order chi connectivity index (χ1) is 12.3. The van der Waals surface area contributed by atoms with E-state index < -0.39 is 17.0 Å². The lowest BCUT2D eigenvalue weighted by molar-refractivity contribution is -0.173. The number of aryl methyl sites for hydroxylation is 1. The minimum Gasteiger partial charge on any atom is -0.353 e. The first kappa shape index (κ1) is 22.9. The van der Waals surface area contributed by atoms with Crippen LogP contribution in [0, 0.1) is 5.41 Å². The molecule has 0 aliphatic carbocycles. The minimum atomic E-state index is -0.750. The van der Waals surface area contributed by atoms with Gasteiger partial charge in [0.25, 0.3) is 5.56 Å². The molecule has 0 aromatic carbocycles. The Morgan fingerprint density at radius 2 is 2.12 bits per heavy atom. The van der Waals surface area contributed by atoms with Gasteiger partial charge in [-0.2, -0.15) is 8.42 Å². The summed E-state index contributed by atoms with van der Waals surface area (Å²) < 4.78 is 30.0. The van der Waals surface area contributed by atoms with Crippen LogP contribution < -0.4 is 5.56 Å². The normalized spacial score (nSPS) is 17.1. The van der Waals surface area contributed by atoms with Crippen LogP contribution in [0.15, 0.2) is 27.6 Å². The lowest BCUT2D eigenvalue weighted by Crippen LogP contribution is -2.33. The fourth-order valence-electron chi connectivity index (χ4n) is 2.41. The number of rotatable bonds is 7. The van der Waals surface area contributed by atoms with E-state index in [0.29, 0.717) is 19.6 Å². The van der Waals surface area contributed by atoms with Gasteiger partial charge in [0.15, 0.2) is 12.1 Å². The van der Waals surface area contributed by atoms with Crippen molar-refractivity contribution in [3.05, 3.63) is 33.2 Å². The number of halogens is 1. The lowest BCUT2D eigenvalue weighted by atomic mass is 9.84. The van der Waals surface area contributed by atoms with Crippen molar-refractivity contribution >= 4 is 33.3 Å². The van der Waals surface area contributed by atoms with Crippen molar-refractivity contribution in [2.24, 2.45) is 5.41 Å². The fourth-order valence-corrected chi connectivity index (χ4v) is 2.73. The largest absolute Gasteiger partial charge is 0.353 e. The van der Waals surface area contributed by atoms with E-state index in [4.69, 9.17) is 17.9 Å². The molecule has 1 aliphatic rings. The molecule has 1 saturated heterocycles. The summed E-state index contributed by atoms with van der Waals surface area (Å²) in [4.78, 5) is 24.3. The molecule has 9 heteroatoms. The van der Waals surface area contributed by atoms with Gasteiger partial charge in [-0.05, 0) is 31.7 Å². The number of pyridine rings is 1. The van der Waals surface area contributed by atoms with Crippen molar-refractivity contribution in [2.75, 3.05) is 13.2 Å². The third-order valence-corrected chi connectivity index (χ3v) is 4.72. The molecule has 1 aromatic rings. The van der Waals surface area contributed by atoms with Gasteiger partial charge in [0.2, 0.25) is 0 Å². The van der Waals surface area contributed by atoms with E-state index in [1.165, 1.54) is 6.07 Å². The van der Waals surface area contributed by atoms with Crippen LogP contribution in [0.3, 0.4) is 0 Å². The second kappa shape index (κ2) is 11.5. The van der Waals surface area contributed by atoms with E-state index in [2.05, 4.69) is 15.9 Å². The lowest BCUT2D eigenvalue weighted by Gasteiger charge is -2.26. The summed E-state index contributed by atoms with van der Waals surface area (Å²) in [6, 6.07) is 3.35. The smallest absolute Gasteiger partial charge is 0.335 e. The molecule has 2 rings (SSSR count). The van der Waals surface area contributed by atoms with Gasteiger partial charge in [0, 0.05) is 35.3 Å². The summed E-state index contributed by atoms with van der Waals surface area (Å²) in [5.41, 5.74) is -0.615. The molecule has 0 bridgehead atoms. The van der Waals surface area contributed by atoms with E-state index in [9.17, 15) is 9.59 Å². The topological polar surface area (TPSA) is 91.7 Å². The van der Waals surface area contributed by atoms with Crippen LogP contribution in [-0.4, -0.2) is 38.3 Å². The molecule has 0 saturated carbocycles. The molecule has 2 heterocycles. The number of Topliss-reactive ketones (excluding diaryl/α,β-unsaturated/α-hetero) is 1. The predicted octanol–water partition coefficient (Wildman–Crippen LogP) is 2.47. The Balaban J connectivity index is 0.00000105. The van der Waals surface area contributed by atoms with Crippen molar-refractivity contribution in [2.45, 2.75) is 52.4 Å². The summed E-state index contributed by atoms with van der Waals surface area (Å²) in [5, 5.41) is 0. The van der Waals surface area contributed by atoms with Crippen molar-refractivity contribution in [1.29, 1.82) is 0 Å². The van der Waals surface area contributed by atoms with Crippen molar-refractivity contribution in [3.63, 3.8) is 0 Å². The van der Waals surface area contributed by atoms with E-state index in [0.717, 1.165) is 23.7 Å². The molecule has 1 aromatic heterocycles. The Hall–Kier alpha value is -1.16. The van der Waals surface area contributed by atoms with Crippen LogP contribution in [-0.2, 0) is 32.4 Å². The maximum atomic E-state index is 12.4. The highest BCUT2D eigenvalue weighted by Gasteiger charge is 2.28. The molecule has 0 radical (unpaired) electrons. The summed E-state index contributed by atoms with van der Waals surface area (Å²) in [5.74, 6) is 0.0387. The highest BCUT2D eigenvalue weighted by Crippen LogP contribution is 2.23. The van der Waals surface area contributed by atoms with Crippen LogP contribution in [0.1, 0.15) is 39.5 Å². The molecule has 0 amide bonds. The minimum absolute atomic E-state index is 0.0387. The van der Waals surface area contributed by atoms with Gasteiger partial charge in [-0.3, -0.25) is 9.59 Å². The van der Waals surface area contributed by atoms with E-state index in [-0.39, 0.29) is 24.2 Å². The number of aromatic nitrogens is 1. The molecule has 146 valence electrons. The first-order valence-corrected chi connectivity index (χ1v) is 9.80. The maximum Gasteiger partial charge on any atom is 0.335 e. The van der Waals surface area contributed by atoms with Crippen LogP contribution in [0.25, 0.3) is 0 Å². The Morgan fingerprint density at radius 3 is 2.69 bits per heavy atom. The molecular formula is C17H24BrNO6S. The van der Waals surface area contributed by atoms with Gasteiger partial charge in [0.05, 0.1) is 0 Å². The fraction of sp³-hybridized carbons (Fsp3) is 0.647. The molecule has 0 N–H and O–H groups in total. The van der Waals surface area contributed by atoms with Crippen molar-refractivity contribution in [1.82, 2.24) is 4.57 Å². The molecule has 1 atom stereocenters. The third-order valence-electron chi connectivity index (χ3n) is 4.23. The number of carbonyl (C=O) groups is 1. The van der Waals surface area contributed by atoms with Gasteiger partial charge in [-0.15, -0.1) is 0 Å². The third kappa shape index (κ3) is 8.03.